The zero-order valence-corrected chi connectivity index (χ0v) is 9.90. The fourth-order valence-electron chi connectivity index (χ4n) is 1.93. The first-order valence-electron chi connectivity index (χ1n) is 5.78. The van der Waals surface area contributed by atoms with Crippen molar-refractivity contribution in [3.63, 3.8) is 0 Å². The van der Waals surface area contributed by atoms with E-state index >= 15 is 0 Å². The molecule has 0 radical (unpaired) electrons. The van der Waals surface area contributed by atoms with E-state index in [4.69, 9.17) is 5.11 Å². The summed E-state index contributed by atoms with van der Waals surface area (Å²) in [7, 11) is 0. The van der Waals surface area contributed by atoms with Crippen molar-refractivity contribution in [2.24, 2.45) is 0 Å². The molecule has 0 saturated carbocycles. The van der Waals surface area contributed by atoms with Gasteiger partial charge < -0.3 is 15.3 Å². The third kappa shape index (κ3) is 3.48. The van der Waals surface area contributed by atoms with Gasteiger partial charge in [0.15, 0.2) is 0 Å². The number of carbonyl (C=O) groups is 2. The molecule has 0 aromatic heterocycles. The van der Waals surface area contributed by atoms with Crippen molar-refractivity contribution >= 4 is 11.9 Å². The normalized spacial score (nSPS) is 22.3. The molecule has 1 heterocycles. The second kappa shape index (κ2) is 5.84. The highest BCUT2D eigenvalue weighted by Crippen LogP contribution is 2.10. The van der Waals surface area contributed by atoms with Gasteiger partial charge in [-0.2, -0.15) is 0 Å². The predicted molar refractivity (Wildman–Crippen MR) is 60.1 cm³/mol. The number of carboxylic acids is 1. The maximum atomic E-state index is 12.1. The Balaban J connectivity index is 2.60. The number of rotatable bonds is 4. The molecular formula is C11H20N2O3. The zero-order valence-electron chi connectivity index (χ0n) is 9.90. The van der Waals surface area contributed by atoms with Gasteiger partial charge in [-0.3, -0.25) is 9.59 Å². The van der Waals surface area contributed by atoms with Crippen molar-refractivity contribution in [3.05, 3.63) is 0 Å². The van der Waals surface area contributed by atoms with Crippen LogP contribution >= 0.6 is 0 Å². The molecule has 1 aliphatic rings. The third-order valence-corrected chi connectivity index (χ3v) is 2.82. The Morgan fingerprint density at radius 3 is 2.88 bits per heavy atom. The number of nitrogens with zero attached hydrogens (tertiary/aromatic N) is 1. The predicted octanol–water partition coefficient (Wildman–Crippen LogP) is 0.450. The average Bonchev–Trinajstić information content (AvgIpc) is 2.37. The van der Waals surface area contributed by atoms with Crippen LogP contribution in [0.25, 0.3) is 0 Å². The summed E-state index contributed by atoms with van der Waals surface area (Å²) < 4.78 is 0. The molecule has 16 heavy (non-hydrogen) atoms. The monoisotopic (exact) mass is 228 g/mol. The summed E-state index contributed by atoms with van der Waals surface area (Å²) in [6, 6.07) is -0.152. The molecule has 0 spiro atoms. The number of hydrogen-bond acceptors (Lipinski definition) is 3. The molecule has 1 saturated heterocycles. The minimum absolute atomic E-state index is 0.0359. The largest absolute Gasteiger partial charge is 0.481 e. The van der Waals surface area contributed by atoms with E-state index in [0.717, 1.165) is 19.5 Å². The van der Waals surface area contributed by atoms with Crippen molar-refractivity contribution < 1.29 is 14.7 Å². The Hall–Kier alpha value is -1.10. The maximum Gasteiger partial charge on any atom is 0.303 e. The van der Waals surface area contributed by atoms with Crippen LogP contribution in [0.2, 0.25) is 0 Å². The molecule has 0 aromatic carbocycles. The second-order valence-electron chi connectivity index (χ2n) is 4.42. The van der Waals surface area contributed by atoms with E-state index in [1.807, 2.05) is 18.7 Å². The molecule has 2 N–H and O–H groups in total. The summed E-state index contributed by atoms with van der Waals surface area (Å²) in [6.07, 6.45) is 1.33. The zero-order chi connectivity index (χ0) is 12.1. The van der Waals surface area contributed by atoms with E-state index in [0.29, 0.717) is 6.42 Å². The molecule has 1 aliphatic heterocycles. The van der Waals surface area contributed by atoms with E-state index in [9.17, 15) is 9.59 Å². The molecule has 5 heteroatoms. The first-order chi connectivity index (χ1) is 7.52. The molecular weight excluding hydrogens is 208 g/mol. The third-order valence-electron chi connectivity index (χ3n) is 2.82. The first kappa shape index (κ1) is 13.0. The van der Waals surface area contributed by atoms with Gasteiger partial charge in [-0.15, -0.1) is 0 Å². The standard InChI is InChI=1S/C11H20N2O3/c1-8(2)13-7-3-6-12-9(11(13)16)4-5-10(14)15/h8-9,12H,3-7H2,1-2H3,(H,14,15). The molecule has 0 aromatic rings. The van der Waals surface area contributed by atoms with Crippen LogP contribution in [-0.4, -0.2) is 47.1 Å². The fourth-order valence-corrected chi connectivity index (χ4v) is 1.93. The lowest BCUT2D eigenvalue weighted by molar-refractivity contribution is -0.138. The van der Waals surface area contributed by atoms with Crippen molar-refractivity contribution in [3.8, 4) is 0 Å². The molecule has 1 unspecified atom stereocenters. The average molecular weight is 228 g/mol. The maximum absolute atomic E-state index is 12.1. The van der Waals surface area contributed by atoms with E-state index in [1.54, 1.807) is 0 Å². The van der Waals surface area contributed by atoms with Crippen molar-refractivity contribution in [2.75, 3.05) is 13.1 Å². The smallest absolute Gasteiger partial charge is 0.303 e. The van der Waals surface area contributed by atoms with Crippen LogP contribution in [0.4, 0.5) is 0 Å². The number of carbonyl (C=O) groups excluding carboxylic acids is 1. The quantitative estimate of drug-likeness (QED) is 0.733. The second-order valence-corrected chi connectivity index (χ2v) is 4.42. The number of amides is 1. The summed E-state index contributed by atoms with van der Waals surface area (Å²) in [5.74, 6) is -0.816. The number of carboxylic acid groups (broad SMARTS) is 1. The van der Waals surface area contributed by atoms with Crippen LogP contribution in [0.15, 0.2) is 0 Å². The van der Waals surface area contributed by atoms with Crippen LogP contribution < -0.4 is 5.32 Å². The molecule has 1 amide bonds. The van der Waals surface area contributed by atoms with Crippen LogP contribution in [0, 0.1) is 0 Å². The van der Waals surface area contributed by atoms with E-state index < -0.39 is 5.97 Å². The number of hydrogen-bond donors (Lipinski definition) is 2. The van der Waals surface area contributed by atoms with Gasteiger partial charge in [-0.05, 0) is 33.2 Å². The molecule has 1 atom stereocenters. The van der Waals surface area contributed by atoms with Gasteiger partial charge in [0.1, 0.15) is 0 Å². The van der Waals surface area contributed by atoms with Crippen LogP contribution in [0.5, 0.6) is 0 Å². The summed E-state index contributed by atoms with van der Waals surface area (Å²) >= 11 is 0. The van der Waals surface area contributed by atoms with E-state index in [-0.39, 0.29) is 24.4 Å². The topological polar surface area (TPSA) is 69.6 Å². The minimum Gasteiger partial charge on any atom is -0.481 e. The first-order valence-corrected chi connectivity index (χ1v) is 5.78. The van der Waals surface area contributed by atoms with E-state index in [2.05, 4.69) is 5.32 Å². The lowest BCUT2D eigenvalue weighted by Crippen LogP contribution is -2.46. The van der Waals surface area contributed by atoms with Gasteiger partial charge in [-0.25, -0.2) is 0 Å². The van der Waals surface area contributed by atoms with Crippen molar-refractivity contribution in [2.45, 2.75) is 45.2 Å². The van der Waals surface area contributed by atoms with Crippen LogP contribution in [0.1, 0.15) is 33.1 Å². The van der Waals surface area contributed by atoms with Crippen LogP contribution in [-0.2, 0) is 9.59 Å². The molecule has 0 bridgehead atoms. The Bertz CT molecular complexity index is 266. The summed E-state index contributed by atoms with van der Waals surface area (Å²) in [5.41, 5.74) is 0. The van der Waals surface area contributed by atoms with Crippen LogP contribution in [0.3, 0.4) is 0 Å². The Labute approximate surface area is 95.8 Å². The van der Waals surface area contributed by atoms with Gasteiger partial charge in [-0.1, -0.05) is 0 Å². The van der Waals surface area contributed by atoms with E-state index in [1.165, 1.54) is 0 Å². The summed E-state index contributed by atoms with van der Waals surface area (Å²) in [5, 5.41) is 11.7. The number of nitrogens with one attached hydrogen (secondary N) is 1. The lowest BCUT2D eigenvalue weighted by Gasteiger charge is -2.27. The molecule has 5 nitrogen and oxygen atoms in total. The minimum atomic E-state index is -0.852. The van der Waals surface area contributed by atoms with Gasteiger partial charge >= 0.3 is 5.97 Å². The fraction of sp³-hybridized carbons (Fsp3) is 0.818. The molecule has 1 rings (SSSR count). The Morgan fingerprint density at radius 2 is 2.31 bits per heavy atom. The van der Waals surface area contributed by atoms with Crippen molar-refractivity contribution in [1.29, 1.82) is 0 Å². The summed E-state index contributed by atoms with van der Waals surface area (Å²) in [6.45, 7) is 5.50. The highest BCUT2D eigenvalue weighted by molar-refractivity contribution is 5.83. The number of aliphatic carboxylic acids is 1. The molecule has 92 valence electrons. The van der Waals surface area contributed by atoms with Gasteiger partial charge in [0.2, 0.25) is 5.91 Å². The SMILES string of the molecule is CC(C)N1CCCNC(CCC(=O)O)C1=O. The molecule has 1 fully saturated rings. The van der Waals surface area contributed by atoms with Crippen molar-refractivity contribution in [1.82, 2.24) is 10.2 Å². The summed E-state index contributed by atoms with van der Waals surface area (Å²) in [4.78, 5) is 24.4. The highest BCUT2D eigenvalue weighted by Gasteiger charge is 2.28. The highest BCUT2D eigenvalue weighted by atomic mass is 16.4. The molecule has 0 aliphatic carbocycles. The van der Waals surface area contributed by atoms with Gasteiger partial charge in [0, 0.05) is 19.0 Å². The lowest BCUT2D eigenvalue weighted by atomic mass is 10.1. The Kier molecular flexibility index (Phi) is 4.73. The Morgan fingerprint density at radius 1 is 1.62 bits per heavy atom. The van der Waals surface area contributed by atoms with Gasteiger partial charge in [0.25, 0.3) is 0 Å². The van der Waals surface area contributed by atoms with Gasteiger partial charge in [0.05, 0.1) is 6.04 Å².